The van der Waals surface area contributed by atoms with Crippen molar-refractivity contribution < 1.29 is 28.5 Å². The van der Waals surface area contributed by atoms with E-state index in [0.29, 0.717) is 33.8 Å². The van der Waals surface area contributed by atoms with Crippen molar-refractivity contribution in [1.29, 1.82) is 0 Å². The first-order chi connectivity index (χ1) is 13.4. The standard InChI is InChI=1S/C22H26O6/c1-13-7-17(9-23)21(27-11-25-5)19(15(13)3)20-16(4)14(2)8-18(10-24)22(20)28-12-26-6/h7-10H,11-12H2,1-6H3. The lowest BCUT2D eigenvalue weighted by Gasteiger charge is -2.23. The van der Waals surface area contributed by atoms with E-state index in [1.54, 1.807) is 12.1 Å². The highest BCUT2D eigenvalue weighted by atomic mass is 16.7. The number of rotatable bonds is 9. The van der Waals surface area contributed by atoms with E-state index in [-0.39, 0.29) is 13.6 Å². The van der Waals surface area contributed by atoms with Crippen LogP contribution in [-0.4, -0.2) is 40.4 Å². The Morgan fingerprint density at radius 2 is 1.07 bits per heavy atom. The van der Waals surface area contributed by atoms with E-state index in [1.807, 2.05) is 27.7 Å². The Morgan fingerprint density at radius 1 is 0.714 bits per heavy atom. The summed E-state index contributed by atoms with van der Waals surface area (Å²) < 4.78 is 21.7. The number of aryl methyl sites for hydroxylation is 2. The third-order valence-corrected chi connectivity index (χ3v) is 4.80. The maximum absolute atomic E-state index is 11.7. The summed E-state index contributed by atoms with van der Waals surface area (Å²) in [6.45, 7) is 7.70. The maximum atomic E-state index is 11.7. The molecule has 2 rings (SSSR count). The van der Waals surface area contributed by atoms with E-state index in [4.69, 9.17) is 18.9 Å². The summed E-state index contributed by atoms with van der Waals surface area (Å²) in [7, 11) is 3.02. The van der Waals surface area contributed by atoms with Crippen molar-refractivity contribution in [2.45, 2.75) is 27.7 Å². The van der Waals surface area contributed by atoms with Crippen LogP contribution in [0.4, 0.5) is 0 Å². The monoisotopic (exact) mass is 386 g/mol. The van der Waals surface area contributed by atoms with Gasteiger partial charge in [-0.1, -0.05) is 0 Å². The molecule has 2 aromatic rings. The molecule has 0 spiro atoms. The highest BCUT2D eigenvalue weighted by Crippen LogP contribution is 2.45. The second-order valence-corrected chi connectivity index (χ2v) is 6.56. The van der Waals surface area contributed by atoms with Gasteiger partial charge in [-0.2, -0.15) is 0 Å². The van der Waals surface area contributed by atoms with Crippen LogP contribution < -0.4 is 9.47 Å². The molecule has 6 nitrogen and oxygen atoms in total. The zero-order chi connectivity index (χ0) is 20.8. The van der Waals surface area contributed by atoms with Crippen LogP contribution in [0.2, 0.25) is 0 Å². The smallest absolute Gasteiger partial charge is 0.188 e. The van der Waals surface area contributed by atoms with E-state index < -0.39 is 0 Å². The van der Waals surface area contributed by atoms with Crippen LogP contribution in [0.15, 0.2) is 12.1 Å². The maximum Gasteiger partial charge on any atom is 0.188 e. The molecule has 0 saturated heterocycles. The average Bonchev–Trinajstić information content (AvgIpc) is 2.69. The topological polar surface area (TPSA) is 71.1 Å². The molecule has 0 radical (unpaired) electrons. The Balaban J connectivity index is 2.96. The van der Waals surface area contributed by atoms with Gasteiger partial charge in [0, 0.05) is 25.3 Å². The van der Waals surface area contributed by atoms with Crippen molar-refractivity contribution in [3.8, 4) is 22.6 Å². The summed E-state index contributed by atoms with van der Waals surface area (Å²) in [5.41, 5.74) is 5.90. The Bertz CT molecular complexity index is 812. The number of benzene rings is 2. The van der Waals surface area contributed by atoms with Crippen LogP contribution in [0.5, 0.6) is 11.5 Å². The van der Waals surface area contributed by atoms with Crippen molar-refractivity contribution in [3.63, 3.8) is 0 Å². The molecule has 0 aliphatic rings. The number of carbonyl (C=O) groups excluding carboxylic acids is 2. The lowest BCUT2D eigenvalue weighted by Crippen LogP contribution is -2.09. The number of carbonyl (C=O) groups is 2. The average molecular weight is 386 g/mol. The van der Waals surface area contributed by atoms with Crippen LogP contribution >= 0.6 is 0 Å². The highest BCUT2D eigenvalue weighted by Gasteiger charge is 2.24. The van der Waals surface area contributed by atoms with Gasteiger partial charge in [0.25, 0.3) is 0 Å². The van der Waals surface area contributed by atoms with Gasteiger partial charge < -0.3 is 18.9 Å². The molecule has 0 heterocycles. The minimum absolute atomic E-state index is 0.0179. The van der Waals surface area contributed by atoms with E-state index >= 15 is 0 Å². The second kappa shape index (κ2) is 9.48. The summed E-state index contributed by atoms with van der Waals surface area (Å²) >= 11 is 0. The van der Waals surface area contributed by atoms with Crippen LogP contribution in [0.3, 0.4) is 0 Å². The Labute approximate surface area is 165 Å². The second-order valence-electron chi connectivity index (χ2n) is 6.56. The van der Waals surface area contributed by atoms with E-state index in [9.17, 15) is 9.59 Å². The molecule has 0 amide bonds. The third kappa shape index (κ3) is 4.08. The fraction of sp³-hybridized carbons (Fsp3) is 0.364. The first-order valence-electron chi connectivity index (χ1n) is 8.83. The van der Waals surface area contributed by atoms with E-state index in [1.165, 1.54) is 14.2 Å². The van der Waals surface area contributed by atoms with Crippen molar-refractivity contribution in [2.75, 3.05) is 27.8 Å². The summed E-state index contributed by atoms with van der Waals surface area (Å²) in [6, 6.07) is 3.55. The summed E-state index contributed by atoms with van der Waals surface area (Å²) in [5.74, 6) is 0.792. The van der Waals surface area contributed by atoms with Crippen LogP contribution in [-0.2, 0) is 9.47 Å². The SMILES string of the molecule is COCOc1c(C=O)cc(C)c(C)c1-c1c(C)c(C)cc(C=O)c1OCOC. The normalized spacial score (nSPS) is 10.6. The van der Waals surface area contributed by atoms with Gasteiger partial charge in [0.2, 0.25) is 0 Å². The van der Waals surface area contributed by atoms with Gasteiger partial charge in [-0.3, -0.25) is 9.59 Å². The summed E-state index contributed by atoms with van der Waals surface area (Å²) in [4.78, 5) is 23.5. The Morgan fingerprint density at radius 3 is 1.36 bits per heavy atom. The van der Waals surface area contributed by atoms with Crippen molar-refractivity contribution in [2.24, 2.45) is 0 Å². The third-order valence-electron chi connectivity index (χ3n) is 4.80. The van der Waals surface area contributed by atoms with Crippen LogP contribution in [0.25, 0.3) is 11.1 Å². The first-order valence-corrected chi connectivity index (χ1v) is 8.83. The fourth-order valence-electron chi connectivity index (χ4n) is 3.16. The Kier molecular flexibility index (Phi) is 7.31. The molecule has 6 heteroatoms. The minimum Gasteiger partial charge on any atom is -0.466 e. The molecule has 150 valence electrons. The number of ether oxygens (including phenoxy) is 4. The molecule has 0 atom stereocenters. The van der Waals surface area contributed by atoms with Crippen molar-refractivity contribution in [3.05, 3.63) is 45.5 Å². The predicted octanol–water partition coefficient (Wildman–Crippen LogP) is 4.18. The zero-order valence-corrected chi connectivity index (χ0v) is 17.2. The Hall–Kier alpha value is -2.70. The van der Waals surface area contributed by atoms with Gasteiger partial charge in [0.05, 0.1) is 11.1 Å². The molecule has 0 unspecified atom stereocenters. The molecule has 2 aromatic carbocycles. The number of hydrogen-bond acceptors (Lipinski definition) is 6. The molecule has 0 fully saturated rings. The lowest BCUT2D eigenvalue weighted by molar-refractivity contribution is 0.0493. The summed E-state index contributed by atoms with van der Waals surface area (Å²) in [6.07, 6.45) is 1.50. The van der Waals surface area contributed by atoms with Crippen LogP contribution in [0, 0.1) is 27.7 Å². The number of methoxy groups -OCH3 is 2. The van der Waals surface area contributed by atoms with Gasteiger partial charge >= 0.3 is 0 Å². The summed E-state index contributed by atoms with van der Waals surface area (Å²) in [5, 5.41) is 0. The van der Waals surface area contributed by atoms with Gasteiger partial charge in [-0.15, -0.1) is 0 Å². The zero-order valence-electron chi connectivity index (χ0n) is 17.2. The van der Waals surface area contributed by atoms with Crippen molar-refractivity contribution in [1.82, 2.24) is 0 Å². The molecular formula is C22H26O6. The fourth-order valence-corrected chi connectivity index (χ4v) is 3.16. The van der Waals surface area contributed by atoms with Crippen molar-refractivity contribution >= 4 is 12.6 Å². The molecule has 0 bridgehead atoms. The molecule has 0 aliphatic heterocycles. The molecule has 0 saturated carbocycles. The number of aldehydes is 2. The van der Waals surface area contributed by atoms with Gasteiger partial charge in [-0.05, 0) is 62.1 Å². The molecule has 0 aromatic heterocycles. The molecule has 0 aliphatic carbocycles. The molecular weight excluding hydrogens is 360 g/mol. The minimum atomic E-state index is -0.0179. The van der Waals surface area contributed by atoms with E-state index in [2.05, 4.69) is 0 Å². The van der Waals surface area contributed by atoms with Gasteiger partial charge in [0.15, 0.2) is 26.2 Å². The first kappa shape index (κ1) is 21.6. The highest BCUT2D eigenvalue weighted by molar-refractivity contribution is 5.95. The molecule has 0 N–H and O–H groups in total. The van der Waals surface area contributed by atoms with Gasteiger partial charge in [-0.25, -0.2) is 0 Å². The van der Waals surface area contributed by atoms with Gasteiger partial charge in [0.1, 0.15) is 11.5 Å². The quantitative estimate of drug-likeness (QED) is 0.476. The predicted molar refractivity (Wildman–Crippen MR) is 107 cm³/mol. The van der Waals surface area contributed by atoms with Crippen LogP contribution in [0.1, 0.15) is 43.0 Å². The number of hydrogen-bond donors (Lipinski definition) is 0. The largest absolute Gasteiger partial charge is 0.466 e. The molecule has 28 heavy (non-hydrogen) atoms. The van der Waals surface area contributed by atoms with E-state index in [0.717, 1.165) is 34.8 Å². The lowest BCUT2D eigenvalue weighted by atomic mass is 9.87.